The van der Waals surface area contributed by atoms with Crippen LogP contribution >= 0.6 is 0 Å². The van der Waals surface area contributed by atoms with Crippen molar-refractivity contribution in [3.63, 3.8) is 0 Å². The lowest BCUT2D eigenvalue weighted by Crippen LogP contribution is -2.50. The third-order valence-electron chi connectivity index (χ3n) is 5.67. The molecular weight excluding hydrogens is 372 g/mol. The highest BCUT2D eigenvalue weighted by atomic mass is 19.2. The fraction of sp³-hybridized carbons (Fsp3) is 0.381. The summed E-state index contributed by atoms with van der Waals surface area (Å²) in [6, 6.07) is 6.78. The van der Waals surface area contributed by atoms with Crippen molar-refractivity contribution < 1.29 is 22.4 Å². The molecule has 0 aromatic heterocycles. The molecule has 148 valence electrons. The Labute approximate surface area is 160 Å². The van der Waals surface area contributed by atoms with Gasteiger partial charge in [-0.25, -0.2) is 17.6 Å². The number of halogens is 4. The van der Waals surface area contributed by atoms with Crippen LogP contribution < -0.4 is 10.6 Å². The van der Waals surface area contributed by atoms with Crippen LogP contribution in [-0.2, 0) is 4.79 Å². The smallest absolute Gasteiger partial charge is 0.224 e. The average Bonchev–Trinajstić information content (AvgIpc) is 3.47. The van der Waals surface area contributed by atoms with Crippen LogP contribution in [0.25, 0.3) is 0 Å². The van der Waals surface area contributed by atoms with Crippen molar-refractivity contribution in [1.82, 2.24) is 10.6 Å². The number of hydrogen-bond donors (Lipinski definition) is 2. The maximum absolute atomic E-state index is 13.9. The molecule has 2 aliphatic rings. The van der Waals surface area contributed by atoms with E-state index in [1.165, 1.54) is 12.1 Å². The van der Waals surface area contributed by atoms with Crippen LogP contribution in [0.15, 0.2) is 36.4 Å². The Hall–Kier alpha value is -2.41. The summed E-state index contributed by atoms with van der Waals surface area (Å²) in [5.41, 5.74) is 0.855. The molecule has 1 saturated carbocycles. The predicted molar refractivity (Wildman–Crippen MR) is 95.7 cm³/mol. The molecule has 4 rings (SSSR count). The summed E-state index contributed by atoms with van der Waals surface area (Å²) in [6.07, 6.45) is 1.13. The standard InChI is InChI=1S/C21H20F4N2O/c22-12-2-4-17(23)15(8-12)14-9-16(14)21(28)27-20-10-26-6-5-13(20)11-1-3-18(24)19(25)7-11/h1-4,7-8,13-14,16,20,26H,5-6,9-10H2,(H,27,28). The minimum atomic E-state index is -0.912. The normalized spacial score (nSPS) is 26.7. The molecule has 2 fully saturated rings. The zero-order valence-corrected chi connectivity index (χ0v) is 15.0. The van der Waals surface area contributed by atoms with E-state index in [0.717, 1.165) is 24.3 Å². The van der Waals surface area contributed by atoms with Gasteiger partial charge in [0.05, 0.1) is 0 Å². The van der Waals surface area contributed by atoms with Crippen molar-refractivity contribution in [2.45, 2.75) is 30.7 Å². The number of benzene rings is 2. The van der Waals surface area contributed by atoms with Crippen molar-refractivity contribution in [3.8, 4) is 0 Å². The van der Waals surface area contributed by atoms with E-state index in [1.54, 1.807) is 0 Å². The number of hydrogen-bond acceptors (Lipinski definition) is 2. The number of rotatable bonds is 4. The van der Waals surface area contributed by atoms with Crippen LogP contribution in [0.4, 0.5) is 17.6 Å². The van der Waals surface area contributed by atoms with Crippen LogP contribution in [0.1, 0.15) is 35.8 Å². The predicted octanol–water partition coefficient (Wildman–Crippen LogP) is 3.61. The number of nitrogens with one attached hydrogen (secondary N) is 2. The first-order valence-corrected chi connectivity index (χ1v) is 9.35. The lowest BCUT2D eigenvalue weighted by molar-refractivity contribution is -0.123. The first kappa shape index (κ1) is 18.9. The highest BCUT2D eigenvalue weighted by Crippen LogP contribution is 2.48. The summed E-state index contributed by atoms with van der Waals surface area (Å²) < 4.78 is 54.2. The van der Waals surface area contributed by atoms with Crippen LogP contribution in [0.3, 0.4) is 0 Å². The molecular formula is C21H20F4N2O. The Bertz CT molecular complexity index is 904. The maximum atomic E-state index is 13.9. The fourth-order valence-corrected chi connectivity index (χ4v) is 4.07. The molecule has 0 spiro atoms. The van der Waals surface area contributed by atoms with Crippen LogP contribution in [-0.4, -0.2) is 25.0 Å². The molecule has 3 nitrogen and oxygen atoms in total. The zero-order chi connectivity index (χ0) is 19.8. The van der Waals surface area contributed by atoms with Gasteiger partial charge in [-0.1, -0.05) is 6.07 Å². The van der Waals surface area contributed by atoms with Crippen molar-refractivity contribution in [3.05, 3.63) is 70.8 Å². The van der Waals surface area contributed by atoms with E-state index in [-0.39, 0.29) is 29.3 Å². The van der Waals surface area contributed by atoms with Gasteiger partial charge < -0.3 is 10.6 Å². The number of amides is 1. The van der Waals surface area contributed by atoms with Crippen LogP contribution in [0, 0.1) is 29.2 Å². The second-order valence-corrected chi connectivity index (χ2v) is 7.50. The molecule has 2 aromatic rings. The van der Waals surface area contributed by atoms with Gasteiger partial charge >= 0.3 is 0 Å². The Morgan fingerprint density at radius 1 is 0.964 bits per heavy atom. The third-order valence-corrected chi connectivity index (χ3v) is 5.67. The summed E-state index contributed by atoms with van der Waals surface area (Å²) in [5.74, 6) is -3.99. The van der Waals surface area contributed by atoms with E-state index in [0.29, 0.717) is 31.5 Å². The molecule has 4 atom stereocenters. The maximum Gasteiger partial charge on any atom is 0.224 e. The number of piperidine rings is 1. The first-order chi connectivity index (χ1) is 13.4. The molecule has 0 bridgehead atoms. The highest BCUT2D eigenvalue weighted by molar-refractivity contribution is 5.83. The summed E-state index contributed by atoms with van der Waals surface area (Å²) >= 11 is 0. The van der Waals surface area contributed by atoms with Gasteiger partial charge in [-0.3, -0.25) is 4.79 Å². The molecule has 0 radical (unpaired) electrons. The molecule has 7 heteroatoms. The zero-order valence-electron chi connectivity index (χ0n) is 15.0. The van der Waals surface area contributed by atoms with E-state index in [9.17, 15) is 22.4 Å². The largest absolute Gasteiger partial charge is 0.351 e. The molecule has 1 heterocycles. The van der Waals surface area contributed by atoms with Gasteiger partial charge in [-0.05, 0) is 66.8 Å². The van der Waals surface area contributed by atoms with Crippen molar-refractivity contribution in [2.75, 3.05) is 13.1 Å². The van der Waals surface area contributed by atoms with Gasteiger partial charge in [-0.15, -0.1) is 0 Å². The van der Waals surface area contributed by atoms with E-state index in [1.807, 2.05) is 0 Å². The molecule has 1 saturated heterocycles. The fourth-order valence-electron chi connectivity index (χ4n) is 4.07. The Morgan fingerprint density at radius 3 is 2.54 bits per heavy atom. The minimum absolute atomic E-state index is 0.150. The molecule has 28 heavy (non-hydrogen) atoms. The lowest BCUT2D eigenvalue weighted by atomic mass is 9.86. The van der Waals surface area contributed by atoms with Crippen molar-refractivity contribution in [2.24, 2.45) is 5.92 Å². The van der Waals surface area contributed by atoms with Gasteiger partial charge in [-0.2, -0.15) is 0 Å². The first-order valence-electron chi connectivity index (χ1n) is 9.35. The van der Waals surface area contributed by atoms with Crippen LogP contribution in [0.5, 0.6) is 0 Å². The van der Waals surface area contributed by atoms with Gasteiger partial charge in [0.25, 0.3) is 0 Å². The molecule has 4 unspecified atom stereocenters. The minimum Gasteiger partial charge on any atom is -0.351 e. The van der Waals surface area contributed by atoms with Gasteiger partial charge in [0.1, 0.15) is 11.6 Å². The molecule has 2 N–H and O–H groups in total. The van der Waals surface area contributed by atoms with E-state index in [2.05, 4.69) is 10.6 Å². The Balaban J connectivity index is 1.46. The van der Waals surface area contributed by atoms with Crippen LogP contribution in [0.2, 0.25) is 0 Å². The summed E-state index contributed by atoms with van der Waals surface area (Å²) in [6.45, 7) is 1.21. The lowest BCUT2D eigenvalue weighted by Gasteiger charge is -2.33. The topological polar surface area (TPSA) is 41.1 Å². The van der Waals surface area contributed by atoms with E-state index < -0.39 is 29.2 Å². The van der Waals surface area contributed by atoms with Crippen molar-refractivity contribution >= 4 is 5.91 Å². The van der Waals surface area contributed by atoms with E-state index >= 15 is 0 Å². The SMILES string of the molecule is O=C(NC1CNCCC1c1ccc(F)c(F)c1)C1CC1c1cc(F)ccc1F. The van der Waals surface area contributed by atoms with Crippen molar-refractivity contribution in [1.29, 1.82) is 0 Å². The highest BCUT2D eigenvalue weighted by Gasteiger charge is 2.46. The second kappa shape index (κ2) is 7.54. The molecule has 1 aliphatic heterocycles. The average molecular weight is 392 g/mol. The number of carbonyl (C=O) groups excluding carboxylic acids is 1. The summed E-state index contributed by atoms with van der Waals surface area (Å²) in [4.78, 5) is 12.7. The Morgan fingerprint density at radius 2 is 1.75 bits per heavy atom. The number of carbonyl (C=O) groups is 1. The molecule has 1 aliphatic carbocycles. The quantitative estimate of drug-likeness (QED) is 0.781. The third kappa shape index (κ3) is 3.76. The monoisotopic (exact) mass is 392 g/mol. The van der Waals surface area contributed by atoms with E-state index in [4.69, 9.17) is 0 Å². The van der Waals surface area contributed by atoms with Gasteiger partial charge in [0, 0.05) is 24.4 Å². The summed E-state index contributed by atoms with van der Waals surface area (Å²) in [5, 5.41) is 6.16. The summed E-state index contributed by atoms with van der Waals surface area (Å²) in [7, 11) is 0. The molecule has 1 amide bonds. The Kier molecular flexibility index (Phi) is 5.10. The van der Waals surface area contributed by atoms with Gasteiger partial charge in [0.2, 0.25) is 5.91 Å². The molecule has 2 aromatic carbocycles. The van der Waals surface area contributed by atoms with Gasteiger partial charge in [0.15, 0.2) is 11.6 Å². The second-order valence-electron chi connectivity index (χ2n) is 7.50.